The van der Waals surface area contributed by atoms with Crippen LogP contribution in [-0.4, -0.2) is 154 Å². The summed E-state index contributed by atoms with van der Waals surface area (Å²) in [6.07, 6.45) is 6.00. The third-order valence-corrected chi connectivity index (χ3v) is 11.5. The molecule has 26 heteroatoms. The maximum atomic E-state index is 11.5. The first-order valence-corrected chi connectivity index (χ1v) is 29.1. The number of morpholine rings is 1. The maximum Gasteiger partial charge on any atom is 1.00 e. The third kappa shape index (κ3) is 59.0. The molecule has 0 radical (unpaired) electrons. The number of nitrogens with zero attached hydrogens (tertiary/aromatic N) is 3. The smallest absolute Gasteiger partial charge is 0.746 e. The van der Waals surface area contributed by atoms with Gasteiger partial charge in [0.25, 0.3) is 11.8 Å². The van der Waals surface area contributed by atoms with Gasteiger partial charge in [0.05, 0.1) is 25.2 Å². The number of amides is 2. The van der Waals surface area contributed by atoms with Gasteiger partial charge < -0.3 is 34.9 Å². The Morgan fingerprint density at radius 2 is 1.14 bits per heavy atom. The van der Waals surface area contributed by atoms with Gasteiger partial charge in [-0.2, -0.15) is 5.26 Å². The molecule has 2 amide bonds. The monoisotopic (exact) mass is 1250 g/mol. The van der Waals surface area contributed by atoms with E-state index in [2.05, 4.69) is 10.7 Å². The summed E-state index contributed by atoms with van der Waals surface area (Å²) in [4.78, 5) is 133. The van der Waals surface area contributed by atoms with Gasteiger partial charge in [0.15, 0.2) is 23.1 Å². The minimum absolute atomic E-state index is 0. The van der Waals surface area contributed by atoms with Crippen molar-refractivity contribution in [2.24, 2.45) is 59.0 Å². The van der Waals surface area contributed by atoms with E-state index < -0.39 is 39.8 Å². The molecule has 0 bridgehead atoms. The number of nitriles is 1. The van der Waals surface area contributed by atoms with Crippen LogP contribution < -0.4 is 35.3 Å². The van der Waals surface area contributed by atoms with Crippen LogP contribution in [0, 0.1) is 64.6 Å². The number of ketones is 9. The first kappa shape index (κ1) is 95.6. The molecule has 2 fully saturated rings. The molecule has 478 valence electrons. The molecule has 1 unspecified atom stereocenters. The number of aliphatic hydroxyl groups excluding tert-OH is 2. The molecule has 84 heavy (non-hydrogen) atoms. The molecular formula is C58H97ClFN4NaO18S. The number of primary amides is 1. The van der Waals surface area contributed by atoms with Crippen molar-refractivity contribution in [3.05, 3.63) is 30.1 Å². The van der Waals surface area contributed by atoms with Gasteiger partial charge in [-0.25, -0.2) is 12.8 Å². The Hall–Kier alpha value is -4.71. The van der Waals surface area contributed by atoms with Gasteiger partial charge in [0.2, 0.25) is 23.1 Å². The van der Waals surface area contributed by atoms with E-state index in [1.165, 1.54) is 27.7 Å². The number of aryl methyl sites for hydroxylation is 1. The van der Waals surface area contributed by atoms with Crippen molar-refractivity contribution in [2.75, 3.05) is 45.5 Å². The summed E-state index contributed by atoms with van der Waals surface area (Å²) in [6.45, 7) is 31.1. The number of hydrogen-bond donors (Lipinski definition) is 3. The Labute approximate surface area is 526 Å². The molecular weight excluding hydrogens is 1150 g/mol. The van der Waals surface area contributed by atoms with Gasteiger partial charge in [-0.05, 0) is 50.2 Å². The molecule has 1 aromatic heterocycles. The summed E-state index contributed by atoms with van der Waals surface area (Å²) < 4.78 is 46.3. The number of carbonyl (C=O) groups is 12. The Bertz CT molecular complexity index is 2180. The van der Waals surface area contributed by atoms with E-state index in [-0.39, 0.29) is 142 Å². The molecule has 0 spiro atoms. The van der Waals surface area contributed by atoms with E-state index in [1.54, 1.807) is 100 Å². The number of aliphatic hydroxyl groups is 2. The van der Waals surface area contributed by atoms with E-state index in [4.69, 9.17) is 36.6 Å². The van der Waals surface area contributed by atoms with Crippen LogP contribution in [0.25, 0.3) is 0 Å². The summed E-state index contributed by atoms with van der Waals surface area (Å²) >= 11 is 5.20. The molecule has 4 N–H and O–H groups in total. The Balaban J connectivity index is -0.000000131. The number of nitrogens with two attached hydrogens (primary N) is 1. The van der Waals surface area contributed by atoms with Crippen molar-refractivity contribution >= 4 is 91.9 Å². The minimum Gasteiger partial charge on any atom is -0.746 e. The maximum absolute atomic E-state index is 11.5. The zero-order chi connectivity index (χ0) is 66.9. The minimum atomic E-state index is -4.50. The fraction of sp³-hybridized carbons (Fsp3) is 0.690. The van der Waals surface area contributed by atoms with Gasteiger partial charge in [-0.15, -0.1) is 11.6 Å². The second-order valence-corrected chi connectivity index (χ2v) is 22.3. The first-order chi connectivity index (χ1) is 38.1. The standard InChI is InChI=1S/C12H15NO2.C9H15NO3.C9H14O2.C5H9ClO.C5H9FO.C5H9NO2.C5H10O2.C4H10O4S.C2H3N.C2H4O.Na/c1-9(2)12(15)11(14)7-6-10-5-3-4-8-13-10;1-7(2)8(11)9(12)10-3-5-13-6-4-10;1-6(2)9(11)8(10)5-7-3-4-7;2*1-4(2)5(7)3-6;1-3(2)4(7)5(6)8;1-4(2)5(7)3-6;1-3(2)4(5)9(6,7)8;2*1-2-3;/h3-5,8-9H,6-7H2,1-2H3;7H,3-6H2,1-2H3;6-7H,3-5H2,1-2H3;2*4H,3H2,1-2H3;3H,1-2H3,(H2,6,8);4,6H,3H2,1-2H3;3-5H,1-2H3,(H,6,7,8);1H3;2H,1H3;/q;;;;;;;;;;+1/p-1. The summed E-state index contributed by atoms with van der Waals surface area (Å²) in [5.41, 5.74) is 3.73. The van der Waals surface area contributed by atoms with Gasteiger partial charge in [0.1, 0.15) is 40.9 Å². The largest absolute Gasteiger partial charge is 1.00 e. The average molecular weight is 1250 g/mol. The quantitative estimate of drug-likeness (QED) is 0.0523. The molecule has 1 saturated heterocycles. The van der Waals surface area contributed by atoms with E-state index in [1.807, 2.05) is 32.0 Å². The molecule has 2 heterocycles. The molecule has 1 atom stereocenters. The zero-order valence-electron chi connectivity index (χ0n) is 53.2. The number of alkyl halides is 2. The Morgan fingerprint density at radius 1 is 0.750 bits per heavy atom. The first-order valence-electron chi connectivity index (χ1n) is 27.1. The second-order valence-electron chi connectivity index (χ2n) is 20.5. The van der Waals surface area contributed by atoms with Crippen LogP contribution in [0.4, 0.5) is 4.39 Å². The van der Waals surface area contributed by atoms with E-state index in [0.29, 0.717) is 45.1 Å². The number of Topliss-reactive ketones (excluding diaryl/α,β-unsaturated/α-hetero) is 9. The zero-order valence-corrected chi connectivity index (χ0v) is 56.7. The predicted molar refractivity (Wildman–Crippen MR) is 313 cm³/mol. The number of halogens is 2. The van der Waals surface area contributed by atoms with Crippen LogP contribution in [-0.2, 0) is 78.8 Å². The SMILES string of the molecule is CC#N.CC(C)C(=O)C(=O)CC1CC1.CC(C)C(=O)C(=O)CCc1ccccn1.CC(C)C(=O)C(=O)N1CCOCC1.CC(C)C(=O)C(N)=O.CC(C)C(=O)CCl.CC(C)C(=O)CF.CC(C)C(=O)CO.CC(C)C(O)S(=O)(=O)[O-].CC=O.[Na+]. The van der Waals surface area contributed by atoms with Crippen molar-refractivity contribution in [3.8, 4) is 6.07 Å². The van der Waals surface area contributed by atoms with Crippen molar-refractivity contribution in [1.82, 2.24) is 9.88 Å². The predicted octanol–water partition coefficient (Wildman–Crippen LogP) is 3.24. The fourth-order valence-corrected chi connectivity index (χ4v) is 5.49. The summed E-state index contributed by atoms with van der Waals surface area (Å²) in [5, 5.41) is 24.0. The van der Waals surface area contributed by atoms with E-state index >= 15 is 0 Å². The third-order valence-electron chi connectivity index (χ3n) is 10.1. The Kier molecular flexibility index (Phi) is 65.3. The van der Waals surface area contributed by atoms with Crippen LogP contribution in [0.15, 0.2) is 24.4 Å². The number of ether oxygens (including phenoxy) is 1. The molecule has 2 aliphatic rings. The molecule has 1 aliphatic carbocycles. The number of hydrogen-bond acceptors (Lipinski definition) is 20. The van der Waals surface area contributed by atoms with Gasteiger partial charge >= 0.3 is 29.6 Å². The molecule has 1 aliphatic heterocycles. The molecule has 0 aromatic carbocycles. The number of aldehydes is 1. The van der Waals surface area contributed by atoms with Crippen molar-refractivity contribution < 1.29 is 119 Å². The van der Waals surface area contributed by atoms with Gasteiger partial charge in [-0.1, -0.05) is 117 Å². The summed E-state index contributed by atoms with van der Waals surface area (Å²) in [5.74, 6) is -4.01. The molecule has 3 rings (SSSR count). The van der Waals surface area contributed by atoms with Crippen LogP contribution in [0.2, 0.25) is 0 Å². The van der Waals surface area contributed by atoms with E-state index in [0.717, 1.165) is 24.8 Å². The van der Waals surface area contributed by atoms with Crippen molar-refractivity contribution in [3.63, 3.8) is 0 Å². The average Bonchev–Trinajstić information content (AvgIpc) is 4.25. The molecule has 1 aromatic rings. The number of aromatic nitrogens is 1. The van der Waals surface area contributed by atoms with Gasteiger partial charge in [0, 0.05) is 86.2 Å². The molecule has 22 nitrogen and oxygen atoms in total. The fourth-order valence-electron chi connectivity index (χ4n) is 4.52. The number of carbonyl (C=O) groups excluding carboxylic acids is 12. The number of rotatable bonds is 21. The number of pyridine rings is 1. The van der Waals surface area contributed by atoms with Crippen molar-refractivity contribution in [1.29, 1.82) is 5.26 Å². The van der Waals surface area contributed by atoms with Crippen LogP contribution >= 0.6 is 11.6 Å². The topological polar surface area (TPSA) is 378 Å². The summed E-state index contributed by atoms with van der Waals surface area (Å²) in [7, 11) is -4.50. The van der Waals surface area contributed by atoms with Crippen LogP contribution in [0.3, 0.4) is 0 Å². The van der Waals surface area contributed by atoms with Crippen LogP contribution in [0.1, 0.15) is 156 Å². The molecule has 1 saturated carbocycles. The van der Waals surface area contributed by atoms with E-state index in [9.17, 15) is 70.1 Å². The normalized spacial score (nSPS) is 12.1. The van der Waals surface area contributed by atoms with Crippen molar-refractivity contribution in [2.45, 2.75) is 162 Å². The Morgan fingerprint density at radius 3 is 1.36 bits per heavy atom. The second kappa shape index (κ2) is 57.4. The van der Waals surface area contributed by atoms with Crippen LogP contribution in [0.5, 0.6) is 0 Å². The summed E-state index contributed by atoms with van der Waals surface area (Å²) in [6, 6.07) is 7.30. The van der Waals surface area contributed by atoms with Gasteiger partial charge in [-0.3, -0.25) is 57.7 Å².